The van der Waals surface area contributed by atoms with Gasteiger partial charge in [0.15, 0.2) is 9.84 Å². The first-order chi connectivity index (χ1) is 16.1. The molecule has 174 valence electrons. The molecule has 1 N–H and O–H groups in total. The van der Waals surface area contributed by atoms with E-state index >= 15 is 0 Å². The predicted octanol–water partition coefficient (Wildman–Crippen LogP) is 5.40. The molecule has 0 spiro atoms. The van der Waals surface area contributed by atoms with E-state index in [1.165, 1.54) is 12.1 Å². The number of halogens is 2. The third-order valence-corrected chi connectivity index (χ3v) is 8.49. The van der Waals surface area contributed by atoms with Gasteiger partial charge in [-0.3, -0.25) is 4.79 Å². The van der Waals surface area contributed by atoms with Gasteiger partial charge in [0.25, 0.3) is 5.91 Å². The highest BCUT2D eigenvalue weighted by Crippen LogP contribution is 2.37. The minimum absolute atomic E-state index is 0.0669. The zero-order valence-corrected chi connectivity index (χ0v) is 20.0. The first-order valence-corrected chi connectivity index (χ1v) is 13.0. The number of rotatable bonds is 4. The van der Waals surface area contributed by atoms with E-state index in [9.17, 15) is 17.6 Å². The molecule has 5 nitrogen and oxygen atoms in total. The predicted molar refractivity (Wildman–Crippen MR) is 133 cm³/mol. The molecule has 0 saturated carbocycles. The number of amides is 1. The van der Waals surface area contributed by atoms with Crippen molar-refractivity contribution in [3.8, 4) is 16.8 Å². The van der Waals surface area contributed by atoms with Gasteiger partial charge in [-0.15, -0.1) is 0 Å². The van der Waals surface area contributed by atoms with Gasteiger partial charge in [0.1, 0.15) is 5.82 Å². The SMILES string of the molecule is C[C@@]1(NC(=O)c2ccc3c(-c4ccccc4Cl)cn(-c4ccc(F)cc4)c3c2)CCS(=O)(=O)C1. The maximum Gasteiger partial charge on any atom is 0.251 e. The van der Waals surface area contributed by atoms with E-state index in [1.54, 1.807) is 31.2 Å². The van der Waals surface area contributed by atoms with Crippen molar-refractivity contribution in [3.63, 3.8) is 0 Å². The molecule has 1 aliphatic rings. The summed E-state index contributed by atoms with van der Waals surface area (Å²) in [5, 5.41) is 4.38. The number of hydrogen-bond donors (Lipinski definition) is 1. The number of carbonyl (C=O) groups excluding carboxylic acids is 1. The topological polar surface area (TPSA) is 68.2 Å². The van der Waals surface area contributed by atoms with E-state index in [1.807, 2.05) is 41.1 Å². The maximum atomic E-state index is 13.6. The molecule has 1 aromatic heterocycles. The Balaban J connectivity index is 1.62. The maximum absolute atomic E-state index is 13.6. The summed E-state index contributed by atoms with van der Waals surface area (Å²) < 4.78 is 39.3. The molecule has 0 aliphatic carbocycles. The molecular weight excluding hydrogens is 475 g/mol. The highest BCUT2D eigenvalue weighted by Gasteiger charge is 2.39. The van der Waals surface area contributed by atoms with Crippen LogP contribution < -0.4 is 5.32 Å². The zero-order valence-electron chi connectivity index (χ0n) is 18.4. The summed E-state index contributed by atoms with van der Waals surface area (Å²) in [4.78, 5) is 13.1. The molecule has 0 bridgehead atoms. The van der Waals surface area contributed by atoms with E-state index in [4.69, 9.17) is 11.6 Å². The number of carbonyl (C=O) groups is 1. The highest BCUT2D eigenvalue weighted by atomic mass is 35.5. The molecule has 34 heavy (non-hydrogen) atoms. The van der Waals surface area contributed by atoms with Crippen LogP contribution in [0.2, 0.25) is 5.02 Å². The van der Waals surface area contributed by atoms with Crippen LogP contribution >= 0.6 is 11.6 Å². The van der Waals surface area contributed by atoms with Crippen molar-refractivity contribution in [2.45, 2.75) is 18.9 Å². The molecule has 1 atom stereocenters. The smallest absolute Gasteiger partial charge is 0.251 e. The van der Waals surface area contributed by atoms with Crippen LogP contribution in [0.4, 0.5) is 4.39 Å². The van der Waals surface area contributed by atoms with Gasteiger partial charge in [0.05, 0.1) is 22.6 Å². The van der Waals surface area contributed by atoms with Crippen LogP contribution in [0.25, 0.3) is 27.7 Å². The van der Waals surface area contributed by atoms with E-state index in [0.29, 0.717) is 17.0 Å². The Kier molecular flexibility index (Phi) is 5.49. The first kappa shape index (κ1) is 22.6. The van der Waals surface area contributed by atoms with Gasteiger partial charge in [-0.2, -0.15) is 0 Å². The van der Waals surface area contributed by atoms with Crippen molar-refractivity contribution >= 4 is 38.2 Å². The standard InChI is InChI=1S/C26H22ClFN2O3S/c1-26(12-13-34(32,33)16-26)29-25(31)17-6-11-21-22(20-4-2-3-5-23(20)27)15-30(24(21)14-17)19-9-7-18(28)8-10-19/h2-11,14-15H,12-13,16H2,1H3,(H,29,31)/t26-/m1/s1. The minimum Gasteiger partial charge on any atom is -0.346 e. The average molecular weight is 497 g/mol. The third kappa shape index (κ3) is 4.21. The quantitative estimate of drug-likeness (QED) is 0.411. The average Bonchev–Trinajstić information content (AvgIpc) is 3.30. The van der Waals surface area contributed by atoms with Gasteiger partial charge < -0.3 is 9.88 Å². The van der Waals surface area contributed by atoms with Crippen molar-refractivity contribution in [1.82, 2.24) is 9.88 Å². The summed E-state index contributed by atoms with van der Waals surface area (Å²) in [5.74, 6) is -0.687. The van der Waals surface area contributed by atoms with Crippen molar-refractivity contribution in [2.24, 2.45) is 0 Å². The van der Waals surface area contributed by atoms with Crippen LogP contribution in [-0.2, 0) is 9.84 Å². The number of nitrogens with zero attached hydrogens (tertiary/aromatic N) is 1. The summed E-state index contributed by atoms with van der Waals surface area (Å²) >= 11 is 6.48. The molecule has 1 fully saturated rings. The molecule has 5 rings (SSSR count). The third-order valence-electron chi connectivity index (χ3n) is 6.26. The Hall–Kier alpha value is -3.16. The lowest BCUT2D eigenvalue weighted by Crippen LogP contribution is -2.46. The summed E-state index contributed by atoms with van der Waals surface area (Å²) in [7, 11) is -3.16. The van der Waals surface area contributed by atoms with Crippen LogP contribution in [0.1, 0.15) is 23.7 Å². The lowest BCUT2D eigenvalue weighted by Gasteiger charge is -2.24. The molecule has 1 amide bonds. The molecule has 1 saturated heterocycles. The number of benzene rings is 3. The lowest BCUT2D eigenvalue weighted by molar-refractivity contribution is 0.0915. The number of fused-ring (bicyclic) bond motifs is 1. The molecular formula is C26H22ClFN2O3S. The van der Waals surface area contributed by atoms with Gasteiger partial charge >= 0.3 is 0 Å². The van der Waals surface area contributed by atoms with Gasteiger partial charge in [-0.05, 0) is 55.8 Å². The first-order valence-electron chi connectivity index (χ1n) is 10.8. The van der Waals surface area contributed by atoms with Crippen LogP contribution in [0, 0.1) is 5.82 Å². The molecule has 2 heterocycles. The Bertz CT molecular complexity index is 1530. The molecule has 0 radical (unpaired) electrons. The molecule has 3 aromatic carbocycles. The van der Waals surface area contributed by atoms with Crippen molar-refractivity contribution < 1.29 is 17.6 Å². The monoisotopic (exact) mass is 496 g/mol. The fourth-order valence-electron chi connectivity index (χ4n) is 4.53. The zero-order chi connectivity index (χ0) is 24.1. The van der Waals surface area contributed by atoms with E-state index in [-0.39, 0.29) is 23.2 Å². The Labute approximate surface area is 202 Å². The largest absolute Gasteiger partial charge is 0.346 e. The summed E-state index contributed by atoms with van der Waals surface area (Å²) in [6, 6.07) is 19.0. The molecule has 4 aromatic rings. The van der Waals surface area contributed by atoms with Crippen molar-refractivity contribution in [1.29, 1.82) is 0 Å². The second-order valence-corrected chi connectivity index (χ2v) is 11.5. The van der Waals surface area contributed by atoms with E-state index in [0.717, 1.165) is 27.7 Å². The van der Waals surface area contributed by atoms with Crippen molar-refractivity contribution in [3.05, 3.63) is 89.3 Å². The normalized spacial score (nSPS) is 19.4. The fourth-order valence-corrected chi connectivity index (χ4v) is 6.86. The molecule has 0 unspecified atom stereocenters. The van der Waals surface area contributed by atoms with Crippen molar-refractivity contribution in [2.75, 3.05) is 11.5 Å². The fraction of sp³-hybridized carbons (Fsp3) is 0.192. The van der Waals surface area contributed by atoms with Crippen LogP contribution in [0.3, 0.4) is 0 Å². The number of aromatic nitrogens is 1. The van der Waals surface area contributed by atoms with Gasteiger partial charge in [-0.25, -0.2) is 12.8 Å². The molecule has 8 heteroatoms. The van der Waals surface area contributed by atoms with Gasteiger partial charge in [-0.1, -0.05) is 35.9 Å². The number of hydrogen-bond acceptors (Lipinski definition) is 3. The Morgan fingerprint density at radius 1 is 1.06 bits per heavy atom. The van der Waals surface area contributed by atoms with Gasteiger partial charge in [0, 0.05) is 39.0 Å². The second kappa shape index (κ2) is 8.25. The molecule has 1 aliphatic heterocycles. The van der Waals surface area contributed by atoms with Crippen LogP contribution in [0.5, 0.6) is 0 Å². The van der Waals surface area contributed by atoms with Crippen LogP contribution in [-0.4, -0.2) is 35.9 Å². The Morgan fingerprint density at radius 2 is 1.79 bits per heavy atom. The summed E-state index contributed by atoms with van der Waals surface area (Å²) in [6.45, 7) is 1.75. The Morgan fingerprint density at radius 3 is 2.47 bits per heavy atom. The van der Waals surface area contributed by atoms with Gasteiger partial charge in [0.2, 0.25) is 0 Å². The van der Waals surface area contributed by atoms with E-state index < -0.39 is 15.4 Å². The number of sulfone groups is 1. The number of nitrogens with one attached hydrogen (secondary N) is 1. The second-order valence-electron chi connectivity index (χ2n) is 8.96. The summed E-state index contributed by atoms with van der Waals surface area (Å²) in [5.41, 5.74) is 2.81. The van der Waals surface area contributed by atoms with Crippen LogP contribution in [0.15, 0.2) is 72.9 Å². The highest BCUT2D eigenvalue weighted by molar-refractivity contribution is 7.91. The minimum atomic E-state index is -3.16. The lowest BCUT2D eigenvalue weighted by atomic mass is 10.0. The summed E-state index contributed by atoms with van der Waals surface area (Å²) in [6.07, 6.45) is 2.30. The van der Waals surface area contributed by atoms with E-state index in [2.05, 4.69) is 5.32 Å².